The minimum atomic E-state index is 0.197. The zero-order valence-electron chi connectivity index (χ0n) is 10.2. The smallest absolute Gasteiger partial charge is 0.205 e. The predicted octanol–water partition coefficient (Wildman–Crippen LogP) is 3.58. The van der Waals surface area contributed by atoms with Gasteiger partial charge in [0.05, 0.1) is 0 Å². The van der Waals surface area contributed by atoms with Crippen LogP contribution < -0.4 is 5.32 Å². The standard InChI is InChI=1S/C13H14N4S2/c1-2-9(10-6-4-3-5-7-10)8-14-11-15-12(18)17-13(19)16-11/h2-7,9H,1,8H2,(H3,14,15,16,17,18,19). The molecule has 6 heteroatoms. The maximum Gasteiger partial charge on any atom is 0.205 e. The summed E-state index contributed by atoms with van der Waals surface area (Å²) in [5.41, 5.74) is 1.20. The van der Waals surface area contributed by atoms with Gasteiger partial charge in [-0.15, -0.1) is 6.58 Å². The molecule has 1 atom stereocenters. The minimum Gasteiger partial charge on any atom is -0.355 e. The van der Waals surface area contributed by atoms with Gasteiger partial charge in [-0.1, -0.05) is 36.4 Å². The van der Waals surface area contributed by atoms with Crippen LogP contribution in [-0.2, 0) is 0 Å². The number of hydrogen-bond donors (Lipinski definition) is 3. The fraction of sp³-hybridized carbons (Fsp3) is 0.154. The van der Waals surface area contributed by atoms with E-state index in [1.807, 2.05) is 24.3 Å². The third kappa shape index (κ3) is 3.84. The highest BCUT2D eigenvalue weighted by Gasteiger charge is 2.07. The van der Waals surface area contributed by atoms with Crippen LogP contribution >= 0.6 is 24.4 Å². The van der Waals surface area contributed by atoms with E-state index in [2.05, 4.69) is 39.0 Å². The number of nitrogens with one attached hydrogen (secondary N) is 3. The fourth-order valence-electron chi connectivity index (χ4n) is 1.72. The summed E-state index contributed by atoms with van der Waals surface area (Å²) in [6.45, 7) is 4.54. The lowest BCUT2D eigenvalue weighted by Gasteiger charge is -2.14. The lowest BCUT2D eigenvalue weighted by molar-refractivity contribution is 0.866. The highest BCUT2D eigenvalue weighted by Crippen LogP contribution is 2.16. The second-order valence-electron chi connectivity index (χ2n) is 3.98. The molecule has 1 aromatic carbocycles. The topological polar surface area (TPSA) is 56.5 Å². The number of nitrogens with zero attached hydrogens (tertiary/aromatic N) is 1. The van der Waals surface area contributed by atoms with Gasteiger partial charge in [0, 0.05) is 12.5 Å². The number of hydrogen-bond acceptors (Lipinski definition) is 4. The molecule has 2 rings (SSSR count). The summed E-state index contributed by atoms with van der Waals surface area (Å²) in [4.78, 5) is 9.79. The molecule has 1 aromatic heterocycles. The van der Waals surface area contributed by atoms with E-state index in [0.29, 0.717) is 22.0 Å². The molecule has 0 aliphatic carbocycles. The number of aromatic amines is 2. The lowest BCUT2D eigenvalue weighted by atomic mass is 9.99. The molecule has 1 unspecified atom stereocenters. The Morgan fingerprint density at radius 3 is 2.63 bits per heavy atom. The summed E-state index contributed by atoms with van der Waals surface area (Å²) in [7, 11) is 0. The maximum absolute atomic E-state index is 5.01. The van der Waals surface area contributed by atoms with Crippen LogP contribution in [0.15, 0.2) is 43.0 Å². The Labute approximate surface area is 121 Å². The van der Waals surface area contributed by atoms with Crippen LogP contribution in [-0.4, -0.2) is 21.5 Å². The van der Waals surface area contributed by atoms with Gasteiger partial charge in [-0.3, -0.25) is 0 Å². The Morgan fingerprint density at radius 2 is 2.00 bits per heavy atom. The second-order valence-corrected chi connectivity index (χ2v) is 4.77. The number of rotatable bonds is 5. The first-order chi connectivity index (χ1) is 9.19. The van der Waals surface area contributed by atoms with Crippen LogP contribution in [0.4, 0.5) is 5.95 Å². The van der Waals surface area contributed by atoms with Crippen LogP contribution in [0, 0.1) is 9.54 Å². The molecule has 0 bridgehead atoms. The van der Waals surface area contributed by atoms with E-state index in [9.17, 15) is 0 Å². The number of benzene rings is 1. The maximum atomic E-state index is 5.01. The average molecular weight is 290 g/mol. The number of aromatic nitrogens is 3. The van der Waals surface area contributed by atoms with Gasteiger partial charge in [0.25, 0.3) is 0 Å². The summed E-state index contributed by atoms with van der Waals surface area (Å²) in [6.07, 6.45) is 1.90. The van der Waals surface area contributed by atoms with Gasteiger partial charge in [0.15, 0.2) is 4.77 Å². The third-order valence-corrected chi connectivity index (χ3v) is 3.06. The van der Waals surface area contributed by atoms with E-state index in [1.165, 1.54) is 5.56 Å². The van der Waals surface area contributed by atoms with Gasteiger partial charge in [0.2, 0.25) is 10.7 Å². The Balaban J connectivity index is 2.10. The summed E-state index contributed by atoms with van der Waals surface area (Å²) < 4.78 is 0.818. The van der Waals surface area contributed by atoms with Crippen LogP contribution in [0.3, 0.4) is 0 Å². The second kappa shape index (κ2) is 6.40. The van der Waals surface area contributed by atoms with Crippen molar-refractivity contribution in [1.29, 1.82) is 0 Å². The largest absolute Gasteiger partial charge is 0.355 e. The molecule has 0 aliphatic heterocycles. The van der Waals surface area contributed by atoms with Crippen molar-refractivity contribution in [3.05, 3.63) is 58.1 Å². The van der Waals surface area contributed by atoms with Crippen LogP contribution in [0.5, 0.6) is 0 Å². The van der Waals surface area contributed by atoms with Crippen molar-refractivity contribution >= 4 is 30.4 Å². The van der Waals surface area contributed by atoms with Gasteiger partial charge in [-0.25, -0.2) is 0 Å². The highest BCUT2D eigenvalue weighted by atomic mass is 32.1. The fourth-order valence-corrected chi connectivity index (χ4v) is 2.17. The van der Waals surface area contributed by atoms with Gasteiger partial charge in [-0.2, -0.15) is 4.98 Å². The van der Waals surface area contributed by atoms with E-state index in [0.717, 1.165) is 0 Å². The SMILES string of the molecule is C=CC(CNc1nc(=S)[nH]c(=S)[nH]1)c1ccccc1. The molecule has 1 heterocycles. The third-order valence-electron chi connectivity index (χ3n) is 2.67. The van der Waals surface area contributed by atoms with Crippen LogP contribution in [0.1, 0.15) is 11.5 Å². The van der Waals surface area contributed by atoms with E-state index >= 15 is 0 Å². The molecule has 2 aromatic rings. The molecule has 0 amide bonds. The van der Waals surface area contributed by atoms with Gasteiger partial charge < -0.3 is 15.3 Å². The monoisotopic (exact) mass is 290 g/mol. The number of anilines is 1. The van der Waals surface area contributed by atoms with Crippen molar-refractivity contribution in [1.82, 2.24) is 15.0 Å². The Bertz CT molecular complexity index is 632. The molecule has 0 spiro atoms. The molecule has 0 saturated heterocycles. The molecule has 0 saturated carbocycles. The minimum absolute atomic E-state index is 0.197. The number of H-pyrrole nitrogens is 2. The van der Waals surface area contributed by atoms with Crippen molar-refractivity contribution in [3.63, 3.8) is 0 Å². The van der Waals surface area contributed by atoms with Crippen molar-refractivity contribution in [2.45, 2.75) is 5.92 Å². The first-order valence-electron chi connectivity index (χ1n) is 5.81. The first kappa shape index (κ1) is 13.6. The average Bonchev–Trinajstić information content (AvgIpc) is 2.39. The summed E-state index contributed by atoms with van der Waals surface area (Å²) >= 11 is 9.99. The molecule has 19 heavy (non-hydrogen) atoms. The summed E-state index contributed by atoms with van der Waals surface area (Å²) in [5.74, 6) is 0.763. The molecular formula is C13H14N4S2. The van der Waals surface area contributed by atoms with Crippen molar-refractivity contribution in [3.8, 4) is 0 Å². The van der Waals surface area contributed by atoms with E-state index in [1.54, 1.807) is 0 Å². The van der Waals surface area contributed by atoms with E-state index < -0.39 is 0 Å². The van der Waals surface area contributed by atoms with E-state index in [-0.39, 0.29) is 5.92 Å². The van der Waals surface area contributed by atoms with Gasteiger partial charge in [-0.05, 0) is 30.0 Å². The lowest BCUT2D eigenvalue weighted by Crippen LogP contribution is -2.13. The first-order valence-corrected chi connectivity index (χ1v) is 6.62. The van der Waals surface area contributed by atoms with Crippen LogP contribution in [0.25, 0.3) is 0 Å². The highest BCUT2D eigenvalue weighted by molar-refractivity contribution is 7.71. The predicted molar refractivity (Wildman–Crippen MR) is 82.5 cm³/mol. The van der Waals surface area contributed by atoms with Crippen LogP contribution in [0.2, 0.25) is 0 Å². The summed E-state index contributed by atoms with van der Waals surface area (Å²) in [5, 5.41) is 3.18. The molecule has 0 fully saturated rings. The Kier molecular flexibility index (Phi) is 4.59. The van der Waals surface area contributed by atoms with Crippen molar-refractivity contribution in [2.75, 3.05) is 11.9 Å². The quantitative estimate of drug-likeness (QED) is 0.582. The zero-order chi connectivity index (χ0) is 13.7. The Morgan fingerprint density at radius 1 is 1.26 bits per heavy atom. The van der Waals surface area contributed by atoms with Crippen molar-refractivity contribution < 1.29 is 0 Å². The normalized spacial score (nSPS) is 11.8. The zero-order valence-corrected chi connectivity index (χ0v) is 11.9. The van der Waals surface area contributed by atoms with E-state index in [4.69, 9.17) is 24.4 Å². The Hall–Kier alpha value is -1.79. The van der Waals surface area contributed by atoms with Crippen molar-refractivity contribution in [2.24, 2.45) is 0 Å². The van der Waals surface area contributed by atoms with Gasteiger partial charge in [0.1, 0.15) is 0 Å². The summed E-state index contributed by atoms with van der Waals surface area (Å²) in [6, 6.07) is 10.2. The molecule has 0 radical (unpaired) electrons. The molecule has 98 valence electrons. The molecular weight excluding hydrogens is 276 g/mol. The van der Waals surface area contributed by atoms with Gasteiger partial charge >= 0.3 is 0 Å². The molecule has 4 nitrogen and oxygen atoms in total. The molecule has 3 N–H and O–H groups in total. The molecule has 0 aliphatic rings.